The predicted molar refractivity (Wildman–Crippen MR) is 109 cm³/mol. The van der Waals surface area contributed by atoms with Crippen molar-refractivity contribution in [2.45, 2.75) is 24.3 Å². The topological polar surface area (TPSA) is 146 Å². The minimum Gasteiger partial charge on any atom is -0.347 e. The maximum atomic E-state index is 14.1. The van der Waals surface area contributed by atoms with Crippen molar-refractivity contribution in [2.24, 2.45) is 0 Å². The molecule has 2 N–H and O–H groups in total. The van der Waals surface area contributed by atoms with Gasteiger partial charge in [0, 0.05) is 27.2 Å². The maximum Gasteiger partial charge on any atom is 0.241 e. The van der Waals surface area contributed by atoms with Crippen LogP contribution in [0.5, 0.6) is 0 Å². The van der Waals surface area contributed by atoms with Gasteiger partial charge in [-0.1, -0.05) is 0 Å². The lowest BCUT2D eigenvalue weighted by Gasteiger charge is -2.19. The fourth-order valence-corrected chi connectivity index (χ4v) is 4.10. The van der Waals surface area contributed by atoms with Gasteiger partial charge in [-0.05, 0) is 36.3 Å². The minimum absolute atomic E-state index is 0.0436. The first-order chi connectivity index (χ1) is 14.8. The van der Waals surface area contributed by atoms with Gasteiger partial charge in [-0.3, -0.25) is 0 Å². The summed E-state index contributed by atoms with van der Waals surface area (Å²) in [5.74, 6) is 0.533. The molecule has 1 saturated heterocycles. The zero-order chi connectivity index (χ0) is 22.0. The molecule has 1 aliphatic rings. The first kappa shape index (κ1) is 21.0. The highest BCUT2D eigenvalue weighted by Gasteiger charge is 2.21. The van der Waals surface area contributed by atoms with Crippen LogP contribution in [0.2, 0.25) is 0 Å². The maximum absolute atomic E-state index is 14.1. The number of H-pyrrole nitrogens is 1. The Morgan fingerprint density at radius 3 is 2.65 bits per heavy atom. The lowest BCUT2D eigenvalue weighted by Crippen LogP contribution is -2.27. The number of nitrogens with one attached hydrogen (secondary N) is 2. The summed E-state index contributed by atoms with van der Waals surface area (Å²) in [4.78, 5) is 16.8. The van der Waals surface area contributed by atoms with E-state index in [4.69, 9.17) is 0 Å². The van der Waals surface area contributed by atoms with E-state index in [-0.39, 0.29) is 28.7 Å². The van der Waals surface area contributed by atoms with Gasteiger partial charge in [0.05, 0.1) is 17.0 Å². The van der Waals surface area contributed by atoms with Crippen LogP contribution in [0.1, 0.15) is 18.7 Å². The largest absolute Gasteiger partial charge is 0.347 e. The number of aromatic amines is 1. The Balaban J connectivity index is 1.58. The third-order valence-corrected chi connectivity index (χ3v) is 6.10. The molecule has 164 valence electrons. The number of anilines is 2. The Morgan fingerprint density at radius 2 is 1.97 bits per heavy atom. The average Bonchev–Trinajstić information content (AvgIpc) is 3.46. The molecule has 0 radical (unpaired) electrons. The van der Waals surface area contributed by atoms with E-state index in [1.54, 1.807) is 19.0 Å². The standard InChI is InChI=1S/C17H21FN10O2S/c1-27(2)16-20-14(21-17(22-16)28-7-3-4-8-28)10-19-31(29,30)11-5-6-13(18)12(9-11)15-23-25-26-24-15/h5-6,9,19H,3-4,7-8,10H2,1-2H3,(H,23,24,25,26). The molecule has 12 nitrogen and oxygen atoms in total. The number of nitrogens with zero attached hydrogens (tertiary/aromatic N) is 8. The summed E-state index contributed by atoms with van der Waals surface area (Å²) in [6.07, 6.45) is 2.11. The monoisotopic (exact) mass is 448 g/mol. The Morgan fingerprint density at radius 1 is 1.19 bits per heavy atom. The van der Waals surface area contributed by atoms with Gasteiger partial charge in [0.2, 0.25) is 27.7 Å². The van der Waals surface area contributed by atoms with Gasteiger partial charge < -0.3 is 9.80 Å². The molecule has 0 atom stereocenters. The van der Waals surface area contributed by atoms with Crippen LogP contribution in [0.4, 0.5) is 16.3 Å². The molecule has 2 aromatic heterocycles. The fraction of sp³-hybridized carbons (Fsp3) is 0.412. The van der Waals surface area contributed by atoms with E-state index in [0.29, 0.717) is 11.9 Å². The minimum atomic E-state index is -3.98. The predicted octanol–water partition coefficient (Wildman–Crippen LogP) is 0.335. The van der Waals surface area contributed by atoms with Crippen LogP contribution in [0, 0.1) is 5.82 Å². The number of halogens is 1. The van der Waals surface area contributed by atoms with E-state index in [1.807, 2.05) is 4.90 Å². The number of hydrogen-bond acceptors (Lipinski definition) is 10. The van der Waals surface area contributed by atoms with Gasteiger partial charge in [0.1, 0.15) is 5.82 Å². The summed E-state index contributed by atoms with van der Waals surface area (Å²) in [5.41, 5.74) is -0.0806. The first-order valence-electron chi connectivity index (χ1n) is 9.54. The van der Waals surface area contributed by atoms with Crippen LogP contribution in [0.3, 0.4) is 0 Å². The Bertz CT molecular complexity index is 1160. The highest BCUT2D eigenvalue weighted by molar-refractivity contribution is 7.89. The van der Waals surface area contributed by atoms with Gasteiger partial charge in [-0.25, -0.2) is 17.5 Å². The number of tetrazole rings is 1. The Kier molecular flexibility index (Phi) is 5.73. The summed E-state index contributed by atoms with van der Waals surface area (Å²) >= 11 is 0. The highest BCUT2D eigenvalue weighted by atomic mass is 32.2. The van der Waals surface area contributed by atoms with E-state index in [0.717, 1.165) is 44.1 Å². The zero-order valence-electron chi connectivity index (χ0n) is 16.9. The molecule has 4 rings (SSSR count). The molecule has 1 fully saturated rings. The summed E-state index contributed by atoms with van der Waals surface area (Å²) in [5, 5.41) is 13.0. The molecular weight excluding hydrogens is 427 g/mol. The SMILES string of the molecule is CN(C)c1nc(CNS(=O)(=O)c2ccc(F)c(-c3nn[nH]n3)c2)nc(N2CCCC2)n1. The molecule has 0 amide bonds. The van der Waals surface area contributed by atoms with Crippen LogP contribution in [-0.4, -0.2) is 71.2 Å². The summed E-state index contributed by atoms with van der Waals surface area (Å²) < 4.78 is 42.2. The van der Waals surface area contributed by atoms with Crippen molar-refractivity contribution in [1.29, 1.82) is 0 Å². The number of aromatic nitrogens is 7. The molecule has 0 unspecified atom stereocenters. The van der Waals surface area contributed by atoms with Gasteiger partial charge in [0.15, 0.2) is 5.82 Å². The van der Waals surface area contributed by atoms with E-state index in [9.17, 15) is 12.8 Å². The van der Waals surface area contributed by atoms with Crippen molar-refractivity contribution < 1.29 is 12.8 Å². The van der Waals surface area contributed by atoms with Gasteiger partial charge in [-0.15, -0.1) is 10.2 Å². The van der Waals surface area contributed by atoms with Crippen molar-refractivity contribution in [2.75, 3.05) is 37.0 Å². The van der Waals surface area contributed by atoms with Crippen LogP contribution >= 0.6 is 0 Å². The Labute approximate surface area is 178 Å². The molecule has 1 aliphatic heterocycles. The molecule has 31 heavy (non-hydrogen) atoms. The smallest absolute Gasteiger partial charge is 0.241 e. The molecule has 0 spiro atoms. The fourth-order valence-electron chi connectivity index (χ4n) is 3.09. The van der Waals surface area contributed by atoms with Crippen molar-refractivity contribution in [3.63, 3.8) is 0 Å². The van der Waals surface area contributed by atoms with Crippen molar-refractivity contribution >= 4 is 21.9 Å². The average molecular weight is 448 g/mol. The number of rotatable bonds is 7. The third-order valence-electron chi connectivity index (χ3n) is 4.70. The van der Waals surface area contributed by atoms with E-state index in [1.165, 1.54) is 0 Å². The van der Waals surface area contributed by atoms with Gasteiger partial charge in [-0.2, -0.15) is 20.2 Å². The number of benzene rings is 1. The molecule has 14 heteroatoms. The molecule has 0 bridgehead atoms. The number of hydrogen-bond donors (Lipinski definition) is 2. The van der Waals surface area contributed by atoms with Crippen molar-refractivity contribution in [3.8, 4) is 11.4 Å². The first-order valence-corrected chi connectivity index (χ1v) is 11.0. The molecule has 0 saturated carbocycles. The number of sulfonamides is 1. The quantitative estimate of drug-likeness (QED) is 0.518. The lowest BCUT2D eigenvalue weighted by atomic mass is 10.2. The van der Waals surface area contributed by atoms with Gasteiger partial charge >= 0.3 is 0 Å². The molecule has 0 aliphatic carbocycles. The van der Waals surface area contributed by atoms with Crippen LogP contribution in [-0.2, 0) is 16.6 Å². The second-order valence-corrected chi connectivity index (χ2v) is 8.91. The lowest BCUT2D eigenvalue weighted by molar-refractivity contribution is 0.578. The molecule has 3 aromatic rings. The summed E-state index contributed by atoms with van der Waals surface area (Å²) in [6.45, 7) is 1.54. The Hall–Kier alpha value is -3.26. The van der Waals surface area contributed by atoms with Crippen molar-refractivity contribution in [1.82, 2.24) is 40.3 Å². The van der Waals surface area contributed by atoms with Crippen molar-refractivity contribution in [3.05, 3.63) is 29.8 Å². The van der Waals surface area contributed by atoms with Crippen LogP contribution in [0.25, 0.3) is 11.4 Å². The molecular formula is C17H21FN10O2S. The van der Waals surface area contributed by atoms with E-state index >= 15 is 0 Å². The molecule has 3 heterocycles. The van der Waals surface area contributed by atoms with E-state index in [2.05, 4.69) is 40.3 Å². The summed E-state index contributed by atoms with van der Waals surface area (Å²) in [6, 6.07) is 3.35. The highest BCUT2D eigenvalue weighted by Crippen LogP contribution is 2.23. The zero-order valence-corrected chi connectivity index (χ0v) is 17.8. The van der Waals surface area contributed by atoms with Crippen LogP contribution < -0.4 is 14.5 Å². The van der Waals surface area contributed by atoms with Crippen LogP contribution in [0.15, 0.2) is 23.1 Å². The van der Waals surface area contributed by atoms with E-state index < -0.39 is 15.8 Å². The normalized spacial score (nSPS) is 14.2. The third kappa shape index (κ3) is 4.59. The second kappa shape index (κ2) is 8.47. The second-order valence-electron chi connectivity index (χ2n) is 7.14. The molecule has 1 aromatic carbocycles. The van der Waals surface area contributed by atoms with Gasteiger partial charge in [0.25, 0.3) is 0 Å². The summed E-state index contributed by atoms with van der Waals surface area (Å²) in [7, 11) is -0.383.